The number of carbonyl (C=O) groups is 1. The van der Waals surface area contributed by atoms with Gasteiger partial charge in [-0.3, -0.25) is 4.79 Å². The monoisotopic (exact) mass is 577 g/mol. The van der Waals surface area contributed by atoms with Crippen LogP contribution in [0.3, 0.4) is 0 Å². The van der Waals surface area contributed by atoms with Gasteiger partial charge in [-0.2, -0.15) is 0 Å². The summed E-state index contributed by atoms with van der Waals surface area (Å²) >= 11 is 5.63. The lowest BCUT2D eigenvalue weighted by molar-refractivity contribution is -0.118. The topological polar surface area (TPSA) is 29.1 Å². The molecule has 5 heteroatoms. The van der Waals surface area contributed by atoms with Crippen LogP contribution in [0.25, 0.3) is 0 Å². The Labute approximate surface area is 249 Å². The van der Waals surface area contributed by atoms with Crippen LogP contribution >= 0.6 is 35.3 Å². The maximum Gasteiger partial charge on any atom is 0.243 e. The summed E-state index contributed by atoms with van der Waals surface area (Å²) in [5.74, 6) is -0.114. The quantitative estimate of drug-likeness (QED) is 0.152. The van der Waals surface area contributed by atoms with E-state index in [2.05, 4.69) is 144 Å². The molecule has 0 saturated heterocycles. The number of hydrogen-bond acceptors (Lipinski definition) is 4. The normalized spacial score (nSPS) is 12.7. The number of rotatable bonds is 14. The Kier molecular flexibility index (Phi) is 10.9. The van der Waals surface area contributed by atoms with Gasteiger partial charge in [0, 0.05) is 34.5 Å². The minimum Gasteiger partial charge on any atom is -0.347 e. The average molecular weight is 578 g/mol. The van der Waals surface area contributed by atoms with Crippen LogP contribution in [0.1, 0.15) is 60.8 Å². The first-order valence-electron chi connectivity index (χ1n) is 13.5. The molecule has 2 nitrogen and oxygen atoms in total. The van der Waals surface area contributed by atoms with Crippen molar-refractivity contribution in [3.05, 3.63) is 104 Å². The molecule has 0 aliphatic rings. The molecule has 1 N–H and O–H groups in total. The number of benzene rings is 3. The molecule has 0 spiro atoms. The summed E-state index contributed by atoms with van der Waals surface area (Å²) in [6.45, 7) is 17.6. The standard InChI is InChI=1S/C34H43NOS3/c1-8-30(36)35-34(24-31(2,3)37-27-18-12-9-13-19-27,25-32(4,5)38-28-20-14-10-15-21-28)26-33(6,7)39-29-22-16-11-17-23-29/h8-23H,1,24-26H2,2-7H3,(H,35,36). The zero-order valence-electron chi connectivity index (χ0n) is 24.2. The molecule has 3 aromatic carbocycles. The Morgan fingerprint density at radius 1 is 0.615 bits per heavy atom. The molecular weight excluding hydrogens is 535 g/mol. The van der Waals surface area contributed by atoms with Crippen LogP contribution in [0.15, 0.2) is 118 Å². The van der Waals surface area contributed by atoms with Crippen molar-refractivity contribution in [1.29, 1.82) is 0 Å². The summed E-state index contributed by atoms with van der Waals surface area (Å²) in [4.78, 5) is 16.8. The van der Waals surface area contributed by atoms with Gasteiger partial charge in [0.05, 0.1) is 0 Å². The summed E-state index contributed by atoms with van der Waals surface area (Å²) in [5.41, 5.74) is -0.465. The van der Waals surface area contributed by atoms with Crippen LogP contribution < -0.4 is 5.32 Å². The fourth-order valence-corrected chi connectivity index (χ4v) is 9.45. The van der Waals surface area contributed by atoms with Crippen molar-refractivity contribution >= 4 is 41.2 Å². The first-order valence-corrected chi connectivity index (χ1v) is 15.9. The lowest BCUT2D eigenvalue weighted by Crippen LogP contribution is -2.56. The van der Waals surface area contributed by atoms with E-state index in [4.69, 9.17) is 0 Å². The van der Waals surface area contributed by atoms with Gasteiger partial charge in [0.2, 0.25) is 5.91 Å². The van der Waals surface area contributed by atoms with Crippen molar-refractivity contribution < 1.29 is 4.79 Å². The number of nitrogens with one attached hydrogen (secondary N) is 1. The van der Waals surface area contributed by atoms with Crippen LogP contribution in [0.4, 0.5) is 0 Å². The molecule has 0 fully saturated rings. The highest BCUT2D eigenvalue weighted by Crippen LogP contribution is 2.49. The SMILES string of the molecule is C=CC(=O)NC(CC(C)(C)Sc1ccccc1)(CC(C)(C)Sc1ccccc1)CC(C)(C)Sc1ccccc1. The number of amides is 1. The second-order valence-corrected chi connectivity index (χ2v) is 17.4. The van der Waals surface area contributed by atoms with Gasteiger partial charge >= 0.3 is 0 Å². The molecule has 0 bridgehead atoms. The zero-order chi connectivity index (χ0) is 28.6. The maximum absolute atomic E-state index is 13.1. The number of hydrogen-bond donors (Lipinski definition) is 1. The zero-order valence-corrected chi connectivity index (χ0v) is 26.6. The molecule has 0 heterocycles. The summed E-state index contributed by atoms with van der Waals surface area (Å²) in [7, 11) is 0. The van der Waals surface area contributed by atoms with Crippen molar-refractivity contribution in [2.75, 3.05) is 0 Å². The third kappa shape index (κ3) is 10.8. The molecule has 0 aliphatic heterocycles. The largest absolute Gasteiger partial charge is 0.347 e. The first kappa shape index (κ1) is 31.4. The average Bonchev–Trinajstić information content (AvgIpc) is 2.83. The highest BCUT2D eigenvalue weighted by Gasteiger charge is 2.45. The van der Waals surface area contributed by atoms with Crippen LogP contribution in [0.5, 0.6) is 0 Å². The molecule has 0 radical (unpaired) electrons. The van der Waals surface area contributed by atoms with E-state index in [1.54, 1.807) is 0 Å². The van der Waals surface area contributed by atoms with E-state index >= 15 is 0 Å². The van der Waals surface area contributed by atoms with Gasteiger partial charge in [-0.1, -0.05) is 103 Å². The summed E-state index contributed by atoms with van der Waals surface area (Å²) in [6.07, 6.45) is 3.87. The molecule has 0 aliphatic carbocycles. The molecule has 1 amide bonds. The molecule has 3 rings (SSSR count). The Bertz CT molecular complexity index is 1060. The lowest BCUT2D eigenvalue weighted by Gasteiger charge is -2.47. The number of thioether (sulfide) groups is 3. The predicted octanol–water partition coefficient (Wildman–Crippen LogP) is 9.91. The van der Waals surface area contributed by atoms with Crippen molar-refractivity contribution in [2.45, 2.75) is 95.3 Å². The van der Waals surface area contributed by atoms with E-state index in [9.17, 15) is 4.79 Å². The van der Waals surface area contributed by atoms with Crippen LogP contribution in [-0.2, 0) is 4.79 Å². The highest BCUT2D eigenvalue weighted by atomic mass is 32.2. The van der Waals surface area contributed by atoms with E-state index in [-0.39, 0.29) is 20.1 Å². The molecule has 3 aromatic rings. The van der Waals surface area contributed by atoms with E-state index in [0.29, 0.717) is 0 Å². The minimum atomic E-state index is -0.465. The minimum absolute atomic E-state index is 0.114. The van der Waals surface area contributed by atoms with Crippen molar-refractivity contribution in [3.8, 4) is 0 Å². The van der Waals surface area contributed by atoms with Crippen molar-refractivity contribution in [3.63, 3.8) is 0 Å². The summed E-state index contributed by atoms with van der Waals surface area (Å²) < 4.78 is -0.385. The Balaban J connectivity index is 2.01. The van der Waals surface area contributed by atoms with E-state index < -0.39 is 5.54 Å². The smallest absolute Gasteiger partial charge is 0.243 e. The van der Waals surface area contributed by atoms with E-state index in [1.165, 1.54) is 20.8 Å². The van der Waals surface area contributed by atoms with E-state index in [1.807, 2.05) is 35.3 Å². The molecular formula is C34H43NOS3. The molecule has 0 unspecified atom stereocenters. The Morgan fingerprint density at radius 2 is 0.897 bits per heavy atom. The summed E-state index contributed by atoms with van der Waals surface area (Å²) in [5, 5.41) is 3.51. The molecule has 39 heavy (non-hydrogen) atoms. The fraction of sp³-hybridized carbons (Fsp3) is 0.382. The van der Waals surface area contributed by atoms with Gasteiger partial charge in [-0.25, -0.2) is 0 Å². The third-order valence-corrected chi connectivity index (χ3v) is 9.89. The predicted molar refractivity (Wildman–Crippen MR) is 174 cm³/mol. The van der Waals surface area contributed by atoms with E-state index in [0.717, 1.165) is 19.3 Å². The van der Waals surface area contributed by atoms with Gasteiger partial charge in [0.15, 0.2) is 0 Å². The van der Waals surface area contributed by atoms with Crippen molar-refractivity contribution in [2.24, 2.45) is 0 Å². The highest BCUT2D eigenvalue weighted by molar-refractivity contribution is 8.01. The second kappa shape index (κ2) is 13.5. The fourth-order valence-electron chi connectivity index (χ4n) is 5.61. The van der Waals surface area contributed by atoms with Gasteiger partial charge in [0.25, 0.3) is 0 Å². The van der Waals surface area contributed by atoms with Crippen LogP contribution in [0.2, 0.25) is 0 Å². The molecule has 0 atom stereocenters. The van der Waals surface area contributed by atoms with Gasteiger partial charge < -0.3 is 5.32 Å². The van der Waals surface area contributed by atoms with Gasteiger partial charge in [0.1, 0.15) is 0 Å². The second-order valence-electron chi connectivity index (χ2n) is 12.0. The van der Waals surface area contributed by atoms with Crippen LogP contribution in [0, 0.1) is 0 Å². The molecule has 0 aromatic heterocycles. The first-order chi connectivity index (χ1) is 18.3. The molecule has 0 saturated carbocycles. The van der Waals surface area contributed by atoms with Gasteiger partial charge in [-0.15, -0.1) is 35.3 Å². The molecule has 208 valence electrons. The van der Waals surface area contributed by atoms with Crippen LogP contribution in [-0.4, -0.2) is 25.7 Å². The third-order valence-electron chi connectivity index (χ3n) is 6.28. The Morgan fingerprint density at radius 3 is 1.15 bits per heavy atom. The number of carbonyl (C=O) groups excluding carboxylic acids is 1. The summed E-state index contributed by atoms with van der Waals surface area (Å²) in [6, 6.07) is 31.7. The lowest BCUT2D eigenvalue weighted by atomic mass is 9.75. The van der Waals surface area contributed by atoms with Crippen molar-refractivity contribution in [1.82, 2.24) is 5.32 Å². The maximum atomic E-state index is 13.1. The Hall–Kier alpha value is -2.08. The van der Waals surface area contributed by atoms with Gasteiger partial charge in [-0.05, 0) is 61.7 Å².